The highest BCUT2D eigenvalue weighted by atomic mass is 16.2. The van der Waals surface area contributed by atoms with Crippen LogP contribution in [0.4, 0.5) is 17.1 Å². The van der Waals surface area contributed by atoms with Crippen molar-refractivity contribution in [3.63, 3.8) is 0 Å². The first-order chi connectivity index (χ1) is 15.4. The monoisotopic (exact) mass is 425 g/mol. The number of amides is 2. The van der Waals surface area contributed by atoms with Gasteiger partial charge in [-0.1, -0.05) is 56.3 Å². The topological polar surface area (TPSA) is 52.7 Å². The molecule has 3 aromatic rings. The van der Waals surface area contributed by atoms with Crippen LogP contribution in [0.1, 0.15) is 30.9 Å². The third-order valence-electron chi connectivity index (χ3n) is 5.62. The highest BCUT2D eigenvalue weighted by Gasteiger charge is 2.40. The maximum atomic E-state index is 13.5. The van der Waals surface area contributed by atoms with Gasteiger partial charge in [0.1, 0.15) is 5.70 Å². The minimum absolute atomic E-state index is 0.284. The molecular formula is C27H27N3O2. The molecule has 0 bridgehead atoms. The van der Waals surface area contributed by atoms with Gasteiger partial charge in [-0.2, -0.15) is 0 Å². The quantitative estimate of drug-likeness (QED) is 0.547. The molecule has 0 spiro atoms. The van der Waals surface area contributed by atoms with E-state index >= 15 is 0 Å². The van der Waals surface area contributed by atoms with Crippen LogP contribution in [0.2, 0.25) is 0 Å². The molecule has 2 amide bonds. The van der Waals surface area contributed by atoms with Gasteiger partial charge in [0.2, 0.25) is 0 Å². The SMILES string of the molecule is CC(C)c1ccc(N2C(=O)C(Nc3ccc(N(C)C)cc3)=C(c3ccccc3)C2=O)cc1. The van der Waals surface area contributed by atoms with Crippen molar-refractivity contribution in [3.05, 3.63) is 95.7 Å². The van der Waals surface area contributed by atoms with Crippen LogP contribution in [-0.4, -0.2) is 25.9 Å². The van der Waals surface area contributed by atoms with Crippen LogP contribution < -0.4 is 15.1 Å². The minimum Gasteiger partial charge on any atom is -0.378 e. The minimum atomic E-state index is -0.358. The number of nitrogens with zero attached hydrogens (tertiary/aromatic N) is 2. The first-order valence-corrected chi connectivity index (χ1v) is 10.7. The highest BCUT2D eigenvalue weighted by Crippen LogP contribution is 2.34. The summed E-state index contributed by atoms with van der Waals surface area (Å²) in [6.07, 6.45) is 0. The lowest BCUT2D eigenvalue weighted by atomic mass is 10.0. The fourth-order valence-electron chi connectivity index (χ4n) is 3.75. The Morgan fingerprint density at radius 3 is 1.97 bits per heavy atom. The van der Waals surface area contributed by atoms with Crippen LogP contribution in [0, 0.1) is 0 Å². The summed E-state index contributed by atoms with van der Waals surface area (Å²) in [5.74, 6) is -0.317. The zero-order valence-corrected chi connectivity index (χ0v) is 18.8. The molecule has 3 aromatic carbocycles. The molecule has 1 aliphatic rings. The van der Waals surface area contributed by atoms with E-state index in [-0.39, 0.29) is 17.5 Å². The largest absolute Gasteiger partial charge is 0.378 e. The number of rotatable bonds is 6. The van der Waals surface area contributed by atoms with Gasteiger partial charge < -0.3 is 10.2 Å². The maximum absolute atomic E-state index is 13.5. The van der Waals surface area contributed by atoms with Crippen molar-refractivity contribution in [1.82, 2.24) is 0 Å². The number of hydrogen-bond donors (Lipinski definition) is 1. The smallest absolute Gasteiger partial charge is 0.282 e. The Hall–Kier alpha value is -3.86. The fraction of sp³-hybridized carbons (Fsp3) is 0.185. The third kappa shape index (κ3) is 4.02. The third-order valence-corrected chi connectivity index (χ3v) is 5.62. The molecule has 0 saturated heterocycles. The van der Waals surface area contributed by atoms with Crippen LogP contribution >= 0.6 is 0 Å². The molecule has 0 saturated carbocycles. The molecular weight excluding hydrogens is 398 g/mol. The maximum Gasteiger partial charge on any atom is 0.282 e. The molecule has 0 aliphatic carbocycles. The number of nitrogens with one attached hydrogen (secondary N) is 1. The average molecular weight is 426 g/mol. The first kappa shape index (κ1) is 21.4. The Kier molecular flexibility index (Phi) is 5.82. The molecule has 32 heavy (non-hydrogen) atoms. The average Bonchev–Trinajstić information content (AvgIpc) is 3.04. The molecule has 1 heterocycles. The number of carbonyl (C=O) groups is 2. The van der Waals surface area contributed by atoms with Gasteiger partial charge in [0, 0.05) is 25.5 Å². The molecule has 0 fully saturated rings. The number of imide groups is 1. The number of carbonyl (C=O) groups excluding carboxylic acids is 2. The van der Waals surface area contributed by atoms with Gasteiger partial charge in [-0.05, 0) is 53.4 Å². The zero-order valence-electron chi connectivity index (χ0n) is 18.8. The molecule has 1 N–H and O–H groups in total. The molecule has 5 heteroatoms. The second-order valence-corrected chi connectivity index (χ2v) is 8.37. The van der Waals surface area contributed by atoms with Crippen LogP contribution in [-0.2, 0) is 9.59 Å². The fourth-order valence-corrected chi connectivity index (χ4v) is 3.75. The van der Waals surface area contributed by atoms with Gasteiger partial charge in [-0.3, -0.25) is 9.59 Å². The molecule has 0 radical (unpaired) electrons. The summed E-state index contributed by atoms with van der Waals surface area (Å²) in [7, 11) is 3.94. The van der Waals surface area contributed by atoms with E-state index in [4.69, 9.17) is 0 Å². The lowest BCUT2D eigenvalue weighted by Gasteiger charge is -2.17. The summed E-state index contributed by atoms with van der Waals surface area (Å²) in [5.41, 5.74) is 4.89. The van der Waals surface area contributed by atoms with Crippen molar-refractivity contribution in [3.8, 4) is 0 Å². The zero-order chi connectivity index (χ0) is 22.8. The van der Waals surface area contributed by atoms with Crippen molar-refractivity contribution in [2.24, 2.45) is 0 Å². The Morgan fingerprint density at radius 2 is 1.41 bits per heavy atom. The summed E-state index contributed by atoms with van der Waals surface area (Å²) in [6, 6.07) is 24.7. The van der Waals surface area contributed by atoms with Crippen molar-refractivity contribution in [2.45, 2.75) is 19.8 Å². The van der Waals surface area contributed by atoms with Gasteiger partial charge in [0.05, 0.1) is 11.3 Å². The van der Waals surface area contributed by atoms with Crippen LogP contribution in [0.25, 0.3) is 5.57 Å². The first-order valence-electron chi connectivity index (χ1n) is 10.7. The van der Waals surface area contributed by atoms with Gasteiger partial charge >= 0.3 is 0 Å². The van der Waals surface area contributed by atoms with Crippen molar-refractivity contribution in [2.75, 3.05) is 29.2 Å². The predicted molar refractivity (Wildman–Crippen MR) is 131 cm³/mol. The Bertz CT molecular complexity index is 1160. The second-order valence-electron chi connectivity index (χ2n) is 8.37. The Balaban J connectivity index is 1.73. The molecule has 0 atom stereocenters. The van der Waals surface area contributed by atoms with E-state index in [0.717, 1.165) is 16.9 Å². The standard InChI is InChI=1S/C27H27N3O2/c1-18(2)19-10-14-23(15-11-19)30-26(31)24(20-8-6-5-7-9-20)25(27(30)32)28-21-12-16-22(17-13-21)29(3)4/h5-18,28H,1-4H3. The normalized spacial score (nSPS) is 13.8. The van der Waals surface area contributed by atoms with Crippen molar-refractivity contribution in [1.29, 1.82) is 0 Å². The van der Waals surface area contributed by atoms with Gasteiger partial charge in [-0.25, -0.2) is 4.90 Å². The molecule has 162 valence electrons. The molecule has 4 rings (SSSR count). The number of hydrogen-bond acceptors (Lipinski definition) is 4. The second kappa shape index (κ2) is 8.71. The summed E-state index contributed by atoms with van der Waals surface area (Å²) >= 11 is 0. The van der Waals surface area contributed by atoms with E-state index in [2.05, 4.69) is 19.2 Å². The van der Waals surface area contributed by atoms with E-state index < -0.39 is 0 Å². The van der Waals surface area contributed by atoms with E-state index in [1.165, 1.54) is 4.90 Å². The van der Waals surface area contributed by atoms with Gasteiger partial charge in [-0.15, -0.1) is 0 Å². The van der Waals surface area contributed by atoms with E-state index in [0.29, 0.717) is 22.7 Å². The predicted octanol–water partition coefficient (Wildman–Crippen LogP) is 5.27. The summed E-state index contributed by atoms with van der Waals surface area (Å²) in [5, 5.41) is 3.21. The lowest BCUT2D eigenvalue weighted by molar-refractivity contribution is -0.120. The number of benzene rings is 3. The Labute approximate surface area is 189 Å². The van der Waals surface area contributed by atoms with Crippen LogP contribution in [0.15, 0.2) is 84.6 Å². The molecule has 1 aliphatic heterocycles. The number of anilines is 3. The van der Waals surface area contributed by atoms with Gasteiger partial charge in [0.25, 0.3) is 11.8 Å². The molecule has 5 nitrogen and oxygen atoms in total. The highest BCUT2D eigenvalue weighted by molar-refractivity contribution is 6.46. The summed E-state index contributed by atoms with van der Waals surface area (Å²) in [6.45, 7) is 4.22. The Morgan fingerprint density at radius 1 is 0.781 bits per heavy atom. The summed E-state index contributed by atoms with van der Waals surface area (Å²) < 4.78 is 0. The van der Waals surface area contributed by atoms with Crippen LogP contribution in [0.5, 0.6) is 0 Å². The lowest BCUT2D eigenvalue weighted by Crippen LogP contribution is -2.32. The molecule has 0 unspecified atom stereocenters. The van der Waals surface area contributed by atoms with E-state index in [1.54, 1.807) is 0 Å². The molecule has 0 aromatic heterocycles. The van der Waals surface area contributed by atoms with Crippen molar-refractivity contribution < 1.29 is 9.59 Å². The van der Waals surface area contributed by atoms with E-state index in [9.17, 15) is 9.59 Å². The van der Waals surface area contributed by atoms with Gasteiger partial charge in [0.15, 0.2) is 0 Å². The van der Waals surface area contributed by atoms with Crippen LogP contribution in [0.3, 0.4) is 0 Å². The summed E-state index contributed by atoms with van der Waals surface area (Å²) in [4.78, 5) is 30.2. The van der Waals surface area contributed by atoms with E-state index in [1.807, 2.05) is 97.9 Å². The van der Waals surface area contributed by atoms with Crippen molar-refractivity contribution >= 4 is 34.4 Å².